The van der Waals surface area contributed by atoms with Crippen molar-refractivity contribution < 1.29 is 13.6 Å². The number of carbonyl (C=O) groups excluding carboxylic acids is 1. The Hall–Kier alpha value is -0.550. The van der Waals surface area contributed by atoms with E-state index in [0.29, 0.717) is 6.29 Å². The Balaban J connectivity index is 3.38. The molecule has 2 nitrogen and oxygen atoms in total. The van der Waals surface area contributed by atoms with Crippen LogP contribution in [-0.2, 0) is 0 Å². The number of aromatic nitrogens is 1. The van der Waals surface area contributed by atoms with Crippen molar-refractivity contribution in [1.82, 2.24) is 4.98 Å². The first-order valence-electron chi connectivity index (χ1n) is 3.15. The lowest BCUT2D eigenvalue weighted by atomic mass is 10.2. The molecule has 0 N–H and O–H groups in total. The first-order valence-corrected chi connectivity index (χ1v) is 4.32. The molecule has 1 aromatic heterocycles. The van der Waals surface area contributed by atoms with Crippen molar-refractivity contribution in [3.05, 3.63) is 26.9 Å². The highest BCUT2D eigenvalue weighted by Gasteiger charge is 2.19. The molecule has 1 aromatic rings. The van der Waals surface area contributed by atoms with E-state index >= 15 is 0 Å². The van der Waals surface area contributed by atoms with Crippen molar-refractivity contribution in [1.29, 1.82) is 0 Å². The van der Waals surface area contributed by atoms with Crippen LogP contribution in [0, 0.1) is 0 Å². The van der Waals surface area contributed by atoms with Gasteiger partial charge in [-0.25, -0.2) is 13.8 Å². The lowest BCUT2D eigenvalue weighted by Crippen LogP contribution is -1.95. The van der Waals surface area contributed by atoms with Crippen LogP contribution in [0.4, 0.5) is 8.78 Å². The van der Waals surface area contributed by atoms with Crippen LogP contribution >= 0.6 is 27.5 Å². The van der Waals surface area contributed by atoms with Gasteiger partial charge in [0.1, 0.15) is 4.60 Å². The van der Waals surface area contributed by atoms with Gasteiger partial charge >= 0.3 is 0 Å². The molecule has 0 unspecified atom stereocenters. The molecule has 0 saturated heterocycles. The number of alkyl halides is 2. The highest BCUT2D eigenvalue weighted by atomic mass is 79.9. The van der Waals surface area contributed by atoms with Gasteiger partial charge in [0.25, 0.3) is 6.43 Å². The Morgan fingerprint density at radius 3 is 2.69 bits per heavy atom. The second-order valence-electron chi connectivity index (χ2n) is 2.15. The summed E-state index contributed by atoms with van der Waals surface area (Å²) in [6.07, 6.45) is -1.24. The van der Waals surface area contributed by atoms with E-state index in [0.717, 1.165) is 6.20 Å². The Bertz CT molecular complexity index is 346. The van der Waals surface area contributed by atoms with Crippen LogP contribution in [0.3, 0.4) is 0 Å². The predicted octanol–water partition coefficient (Wildman–Crippen LogP) is 3.25. The maximum Gasteiger partial charge on any atom is 0.267 e. The molecule has 0 aliphatic rings. The zero-order valence-corrected chi connectivity index (χ0v) is 8.44. The van der Waals surface area contributed by atoms with Crippen molar-refractivity contribution in [2.75, 3.05) is 0 Å². The van der Waals surface area contributed by atoms with E-state index in [1.807, 2.05) is 0 Å². The quantitative estimate of drug-likeness (QED) is 0.610. The molecule has 0 aliphatic carbocycles. The summed E-state index contributed by atoms with van der Waals surface area (Å²) in [6.45, 7) is 0. The molecular formula is C7H3BrClF2NO. The number of rotatable bonds is 2. The number of carbonyl (C=O) groups is 1. The highest BCUT2D eigenvalue weighted by Crippen LogP contribution is 2.33. The summed E-state index contributed by atoms with van der Waals surface area (Å²) >= 11 is 8.35. The first kappa shape index (κ1) is 10.5. The number of halogens is 4. The summed E-state index contributed by atoms with van der Waals surface area (Å²) in [6, 6.07) is 0. The fourth-order valence-electron chi connectivity index (χ4n) is 0.766. The van der Waals surface area contributed by atoms with Crippen LogP contribution in [0.25, 0.3) is 0 Å². The summed E-state index contributed by atoms with van der Waals surface area (Å²) in [4.78, 5) is 13.9. The van der Waals surface area contributed by atoms with Crippen molar-refractivity contribution >= 4 is 33.8 Å². The van der Waals surface area contributed by atoms with Gasteiger partial charge in [0, 0.05) is 6.20 Å². The molecule has 0 spiro atoms. The molecule has 13 heavy (non-hydrogen) atoms. The van der Waals surface area contributed by atoms with Gasteiger partial charge in [0.15, 0.2) is 6.29 Å². The molecule has 0 atom stereocenters. The van der Waals surface area contributed by atoms with Crippen molar-refractivity contribution in [3.63, 3.8) is 0 Å². The molecule has 0 aromatic carbocycles. The summed E-state index contributed by atoms with van der Waals surface area (Å²) in [7, 11) is 0. The van der Waals surface area contributed by atoms with E-state index in [9.17, 15) is 13.6 Å². The Morgan fingerprint density at radius 2 is 2.23 bits per heavy atom. The van der Waals surface area contributed by atoms with Crippen LogP contribution in [0.2, 0.25) is 5.02 Å². The number of aldehydes is 1. The first-order chi connectivity index (χ1) is 6.07. The number of nitrogens with zero attached hydrogens (tertiary/aromatic N) is 1. The molecule has 0 fully saturated rings. The zero-order chi connectivity index (χ0) is 10.0. The topological polar surface area (TPSA) is 30.0 Å². The summed E-state index contributed by atoms with van der Waals surface area (Å²) in [5, 5.41) is -0.258. The predicted molar refractivity (Wildman–Crippen MR) is 47.3 cm³/mol. The second-order valence-corrected chi connectivity index (χ2v) is 3.28. The SMILES string of the molecule is O=Cc1cnc(Br)c(C(F)F)c1Cl. The maximum absolute atomic E-state index is 12.3. The molecule has 0 radical (unpaired) electrons. The zero-order valence-electron chi connectivity index (χ0n) is 6.10. The standard InChI is InChI=1S/C7H3BrClF2NO/c8-6-4(7(10)11)5(9)3(2-13)1-12-6/h1-2,7H. The van der Waals surface area contributed by atoms with Crippen LogP contribution in [0.15, 0.2) is 10.8 Å². The fourth-order valence-corrected chi connectivity index (χ4v) is 1.62. The van der Waals surface area contributed by atoms with Crippen LogP contribution < -0.4 is 0 Å². The van der Waals surface area contributed by atoms with Gasteiger partial charge in [0.05, 0.1) is 16.1 Å². The Labute approximate surface area is 86.0 Å². The molecule has 1 rings (SSSR count). The van der Waals surface area contributed by atoms with E-state index in [-0.39, 0.29) is 15.2 Å². The van der Waals surface area contributed by atoms with Gasteiger partial charge in [-0.15, -0.1) is 0 Å². The Morgan fingerprint density at radius 1 is 1.62 bits per heavy atom. The molecule has 0 bridgehead atoms. The molecule has 6 heteroatoms. The lowest BCUT2D eigenvalue weighted by Gasteiger charge is -2.05. The van der Waals surface area contributed by atoms with E-state index in [4.69, 9.17) is 11.6 Å². The molecule has 1 heterocycles. The molecule has 70 valence electrons. The van der Waals surface area contributed by atoms with Crippen LogP contribution in [-0.4, -0.2) is 11.3 Å². The Kier molecular flexibility index (Phi) is 3.33. The van der Waals surface area contributed by atoms with Gasteiger partial charge in [-0.3, -0.25) is 4.79 Å². The minimum Gasteiger partial charge on any atom is -0.298 e. The average molecular weight is 270 g/mol. The molecule has 0 saturated carbocycles. The monoisotopic (exact) mass is 269 g/mol. The van der Waals surface area contributed by atoms with Gasteiger partial charge in [-0.05, 0) is 15.9 Å². The third-order valence-electron chi connectivity index (χ3n) is 1.37. The summed E-state index contributed by atoms with van der Waals surface area (Å²) < 4.78 is 24.6. The minimum atomic E-state index is -2.76. The number of hydrogen-bond donors (Lipinski definition) is 0. The number of pyridine rings is 1. The van der Waals surface area contributed by atoms with E-state index in [1.165, 1.54) is 0 Å². The number of hydrogen-bond acceptors (Lipinski definition) is 2. The van der Waals surface area contributed by atoms with E-state index < -0.39 is 12.0 Å². The van der Waals surface area contributed by atoms with Crippen molar-refractivity contribution in [2.45, 2.75) is 6.43 Å². The van der Waals surface area contributed by atoms with Gasteiger partial charge in [0.2, 0.25) is 0 Å². The average Bonchev–Trinajstić information content (AvgIpc) is 2.04. The third kappa shape index (κ3) is 2.03. The van der Waals surface area contributed by atoms with Gasteiger partial charge in [-0.1, -0.05) is 11.6 Å². The van der Waals surface area contributed by atoms with Gasteiger partial charge < -0.3 is 0 Å². The molecular weight excluding hydrogens is 267 g/mol. The highest BCUT2D eigenvalue weighted by molar-refractivity contribution is 9.10. The van der Waals surface area contributed by atoms with Crippen molar-refractivity contribution in [3.8, 4) is 0 Å². The summed E-state index contributed by atoms with van der Waals surface area (Å²) in [5.74, 6) is 0. The fraction of sp³-hybridized carbons (Fsp3) is 0.143. The van der Waals surface area contributed by atoms with Crippen LogP contribution in [0.5, 0.6) is 0 Å². The van der Waals surface area contributed by atoms with Gasteiger partial charge in [-0.2, -0.15) is 0 Å². The summed E-state index contributed by atoms with van der Waals surface area (Å²) in [5.41, 5.74) is -0.494. The normalized spacial score (nSPS) is 10.5. The second kappa shape index (κ2) is 4.11. The molecule has 0 aliphatic heterocycles. The smallest absolute Gasteiger partial charge is 0.267 e. The van der Waals surface area contributed by atoms with Crippen molar-refractivity contribution in [2.24, 2.45) is 0 Å². The van der Waals surface area contributed by atoms with Crippen LogP contribution in [0.1, 0.15) is 22.3 Å². The minimum absolute atomic E-state index is 0.0415. The van der Waals surface area contributed by atoms with E-state index in [1.54, 1.807) is 0 Å². The third-order valence-corrected chi connectivity index (χ3v) is 2.43. The largest absolute Gasteiger partial charge is 0.298 e. The van der Waals surface area contributed by atoms with E-state index in [2.05, 4.69) is 20.9 Å². The lowest BCUT2D eigenvalue weighted by molar-refractivity contribution is 0.112. The maximum atomic E-state index is 12.3. The molecule has 0 amide bonds.